The zero-order chi connectivity index (χ0) is 24.5. The number of carbonyl (C=O) groups is 2. The zero-order valence-corrected chi connectivity index (χ0v) is 20.2. The molecule has 1 unspecified atom stereocenters. The quantitative estimate of drug-likeness (QED) is 0.611. The van der Waals surface area contributed by atoms with Gasteiger partial charge < -0.3 is 24.3 Å². The van der Waals surface area contributed by atoms with E-state index in [9.17, 15) is 9.59 Å². The summed E-state index contributed by atoms with van der Waals surface area (Å²) in [6.07, 6.45) is 1.24. The van der Waals surface area contributed by atoms with Gasteiger partial charge in [-0.3, -0.25) is 4.79 Å². The Kier molecular flexibility index (Phi) is 6.25. The van der Waals surface area contributed by atoms with Gasteiger partial charge in [-0.05, 0) is 51.8 Å². The molecule has 0 radical (unpaired) electrons. The number of nitrogens with zero attached hydrogens (tertiary/aromatic N) is 6. The lowest BCUT2D eigenvalue weighted by molar-refractivity contribution is -0.131. The fourth-order valence-corrected chi connectivity index (χ4v) is 4.43. The molecule has 2 aliphatic heterocycles. The molecule has 35 heavy (non-hydrogen) atoms. The Labute approximate surface area is 203 Å². The van der Waals surface area contributed by atoms with Crippen molar-refractivity contribution in [1.29, 1.82) is 0 Å². The molecule has 2 saturated heterocycles. The van der Waals surface area contributed by atoms with E-state index in [2.05, 4.69) is 20.4 Å². The number of likely N-dealkylation sites (tertiary alicyclic amines) is 1. The summed E-state index contributed by atoms with van der Waals surface area (Å²) in [5, 5.41) is 7.35. The van der Waals surface area contributed by atoms with Crippen molar-refractivity contribution in [1.82, 2.24) is 29.5 Å². The highest BCUT2D eigenvalue weighted by atomic mass is 16.5. The van der Waals surface area contributed by atoms with Gasteiger partial charge in [-0.1, -0.05) is 0 Å². The van der Waals surface area contributed by atoms with Crippen LogP contribution in [0.15, 0.2) is 28.7 Å². The molecule has 11 heteroatoms. The predicted molar refractivity (Wildman–Crippen MR) is 127 cm³/mol. The van der Waals surface area contributed by atoms with Crippen molar-refractivity contribution in [2.24, 2.45) is 0 Å². The van der Waals surface area contributed by atoms with E-state index in [4.69, 9.17) is 9.15 Å². The summed E-state index contributed by atoms with van der Waals surface area (Å²) in [4.78, 5) is 38.6. The van der Waals surface area contributed by atoms with Gasteiger partial charge in [0.1, 0.15) is 11.6 Å². The number of ether oxygens (including phenoxy) is 1. The molecule has 5 heterocycles. The maximum absolute atomic E-state index is 13.1. The molecule has 1 N–H and O–H groups in total. The number of rotatable bonds is 4. The van der Waals surface area contributed by atoms with Gasteiger partial charge in [0.25, 0.3) is 5.91 Å². The summed E-state index contributed by atoms with van der Waals surface area (Å²) in [6.45, 7) is 8.16. The highest BCUT2D eigenvalue weighted by molar-refractivity contribution is 5.94. The third-order valence-electron chi connectivity index (χ3n) is 6.16. The lowest BCUT2D eigenvalue weighted by Gasteiger charge is -2.34. The third-order valence-corrected chi connectivity index (χ3v) is 6.16. The molecule has 5 rings (SSSR count). The summed E-state index contributed by atoms with van der Waals surface area (Å²) >= 11 is 0. The summed E-state index contributed by atoms with van der Waals surface area (Å²) in [6, 6.07) is 7.18. The number of furan rings is 1. The minimum absolute atomic E-state index is 0.0343. The van der Waals surface area contributed by atoms with E-state index in [1.54, 1.807) is 21.7 Å². The highest BCUT2D eigenvalue weighted by Crippen LogP contribution is 2.23. The number of hydrogen-bond acceptors (Lipinski definition) is 7. The molecular formula is C24H29N7O4. The normalized spacial score (nSPS) is 18.2. The van der Waals surface area contributed by atoms with Gasteiger partial charge in [0.2, 0.25) is 0 Å². The van der Waals surface area contributed by atoms with E-state index < -0.39 is 6.10 Å². The summed E-state index contributed by atoms with van der Waals surface area (Å²) in [7, 11) is 0. The Morgan fingerprint density at radius 1 is 1.03 bits per heavy atom. The largest absolute Gasteiger partial charge is 0.458 e. The first kappa shape index (κ1) is 23.0. The maximum Gasteiger partial charge on any atom is 0.320 e. The number of amides is 3. The van der Waals surface area contributed by atoms with Crippen molar-refractivity contribution in [2.45, 2.75) is 39.7 Å². The minimum Gasteiger partial charge on any atom is -0.458 e. The molecular weight excluding hydrogens is 450 g/mol. The summed E-state index contributed by atoms with van der Waals surface area (Å²) in [5.41, 5.74) is 1.74. The van der Waals surface area contributed by atoms with E-state index in [0.29, 0.717) is 36.4 Å². The third kappa shape index (κ3) is 4.90. The van der Waals surface area contributed by atoms with Gasteiger partial charge >= 0.3 is 6.03 Å². The van der Waals surface area contributed by atoms with Crippen LogP contribution in [0.3, 0.4) is 0 Å². The zero-order valence-electron chi connectivity index (χ0n) is 20.2. The molecule has 11 nitrogen and oxygen atoms in total. The monoisotopic (exact) mass is 479 g/mol. The number of morpholine rings is 1. The van der Waals surface area contributed by atoms with Gasteiger partial charge in [0.15, 0.2) is 23.5 Å². The summed E-state index contributed by atoms with van der Waals surface area (Å²) in [5.74, 6) is 1.96. The molecule has 2 fully saturated rings. The van der Waals surface area contributed by atoms with Crippen LogP contribution in [-0.2, 0) is 9.53 Å². The molecule has 0 saturated carbocycles. The average molecular weight is 480 g/mol. The lowest BCUT2D eigenvalue weighted by atomic mass is 10.2. The molecule has 0 aliphatic carbocycles. The van der Waals surface area contributed by atoms with Gasteiger partial charge in [-0.15, -0.1) is 0 Å². The van der Waals surface area contributed by atoms with Crippen molar-refractivity contribution in [3.63, 3.8) is 0 Å². The number of aromatic nitrogens is 4. The van der Waals surface area contributed by atoms with E-state index >= 15 is 0 Å². The standard InChI is InChI=1S/C24H29N7O4/c1-15-12-16(2)31(28-15)21-13-20(25-22(27-21)18-7-6-17(3)35-18)26-23(32)19-14-30(10-11-34-19)24(33)29-8-4-5-9-29/h6-7,12-13,19H,4-5,8-11,14H2,1-3H3,(H,25,26,27,32). The molecule has 3 amide bonds. The molecule has 3 aromatic rings. The Morgan fingerprint density at radius 2 is 1.83 bits per heavy atom. The van der Waals surface area contributed by atoms with E-state index in [1.807, 2.05) is 37.8 Å². The van der Waals surface area contributed by atoms with Crippen LogP contribution in [0.4, 0.5) is 10.6 Å². The first-order chi connectivity index (χ1) is 16.9. The number of hydrogen-bond donors (Lipinski definition) is 1. The van der Waals surface area contributed by atoms with Gasteiger partial charge in [-0.2, -0.15) is 5.10 Å². The van der Waals surface area contributed by atoms with Crippen molar-refractivity contribution in [3.8, 4) is 17.4 Å². The number of aryl methyl sites for hydroxylation is 3. The van der Waals surface area contributed by atoms with Crippen LogP contribution in [0, 0.1) is 20.8 Å². The number of carbonyl (C=O) groups excluding carboxylic acids is 2. The van der Waals surface area contributed by atoms with Gasteiger partial charge in [0, 0.05) is 31.4 Å². The van der Waals surface area contributed by atoms with Gasteiger partial charge in [0.05, 0.1) is 18.8 Å². The molecule has 0 aromatic carbocycles. The van der Waals surface area contributed by atoms with E-state index in [0.717, 1.165) is 43.1 Å². The minimum atomic E-state index is -0.795. The lowest BCUT2D eigenvalue weighted by Crippen LogP contribution is -2.53. The molecule has 2 aliphatic rings. The van der Waals surface area contributed by atoms with E-state index in [1.165, 1.54) is 0 Å². The molecule has 0 spiro atoms. The van der Waals surface area contributed by atoms with Crippen LogP contribution in [0.2, 0.25) is 0 Å². The first-order valence-electron chi connectivity index (χ1n) is 11.8. The van der Waals surface area contributed by atoms with Crippen LogP contribution in [0.1, 0.15) is 30.0 Å². The second kappa shape index (κ2) is 9.49. The Hall–Kier alpha value is -3.73. The van der Waals surface area contributed by atoms with Crippen LogP contribution in [-0.4, -0.2) is 80.4 Å². The SMILES string of the molecule is Cc1cc(C)n(-c2cc(NC(=O)C3CN(C(=O)N4CCCC4)CCO3)nc(-c3ccc(C)o3)n2)n1. The number of urea groups is 1. The Balaban J connectivity index is 1.38. The number of anilines is 1. The summed E-state index contributed by atoms with van der Waals surface area (Å²) < 4.78 is 13.1. The second-order valence-electron chi connectivity index (χ2n) is 8.96. The Morgan fingerprint density at radius 3 is 2.51 bits per heavy atom. The predicted octanol–water partition coefficient (Wildman–Crippen LogP) is 2.70. The smallest absolute Gasteiger partial charge is 0.320 e. The molecule has 3 aromatic heterocycles. The van der Waals surface area contributed by atoms with Crippen LogP contribution in [0.25, 0.3) is 17.4 Å². The molecule has 1 atom stereocenters. The molecule has 0 bridgehead atoms. The van der Waals surface area contributed by atoms with Crippen molar-refractivity contribution in [3.05, 3.63) is 41.4 Å². The second-order valence-corrected chi connectivity index (χ2v) is 8.96. The number of nitrogens with one attached hydrogen (secondary N) is 1. The van der Waals surface area contributed by atoms with Crippen molar-refractivity contribution in [2.75, 3.05) is 38.1 Å². The van der Waals surface area contributed by atoms with Crippen LogP contribution in [0.5, 0.6) is 0 Å². The topological polar surface area (TPSA) is 119 Å². The fraction of sp³-hybridized carbons (Fsp3) is 0.458. The maximum atomic E-state index is 13.1. The van der Waals surface area contributed by atoms with Crippen molar-refractivity contribution < 1.29 is 18.7 Å². The van der Waals surface area contributed by atoms with Gasteiger partial charge in [-0.25, -0.2) is 19.4 Å². The highest BCUT2D eigenvalue weighted by Gasteiger charge is 2.32. The van der Waals surface area contributed by atoms with Crippen LogP contribution < -0.4 is 5.32 Å². The first-order valence-corrected chi connectivity index (χ1v) is 11.8. The van der Waals surface area contributed by atoms with Crippen molar-refractivity contribution >= 4 is 17.8 Å². The van der Waals surface area contributed by atoms with Crippen LogP contribution >= 0.6 is 0 Å². The van der Waals surface area contributed by atoms with E-state index in [-0.39, 0.29) is 18.5 Å². The Bertz CT molecular complexity index is 1240. The average Bonchev–Trinajstić information content (AvgIpc) is 3.60. The molecule has 184 valence electrons. The fourth-order valence-electron chi connectivity index (χ4n) is 4.43.